The number of ether oxygens (including phenoxy) is 1. The number of hydrogen-bond donors (Lipinski definition) is 2. The molecular weight excluding hydrogens is 525 g/mol. The van der Waals surface area contributed by atoms with Crippen molar-refractivity contribution >= 4 is 11.7 Å². The van der Waals surface area contributed by atoms with Crippen LogP contribution in [-0.4, -0.2) is 53.5 Å². The lowest BCUT2D eigenvalue weighted by Crippen LogP contribution is -2.44. The Morgan fingerprint density at radius 1 is 0.950 bits per heavy atom. The van der Waals surface area contributed by atoms with Gasteiger partial charge in [0.2, 0.25) is 0 Å². The second kappa shape index (κ2) is 14.4. The van der Waals surface area contributed by atoms with Crippen LogP contribution in [0.2, 0.25) is 0 Å². The highest BCUT2D eigenvalue weighted by atomic mass is 19.4. The fourth-order valence-corrected chi connectivity index (χ4v) is 4.74. The lowest BCUT2D eigenvalue weighted by Gasteiger charge is -2.42. The van der Waals surface area contributed by atoms with Crippen LogP contribution in [0.15, 0.2) is 90.0 Å². The number of carboxylic acids is 1. The summed E-state index contributed by atoms with van der Waals surface area (Å²) in [6.07, 6.45) is -2.26. The molecule has 2 N–H and O–H groups in total. The first-order valence-electron chi connectivity index (χ1n) is 12.8. The van der Waals surface area contributed by atoms with E-state index < -0.39 is 17.7 Å². The maximum absolute atomic E-state index is 12.0. The first kappa shape index (κ1) is 30.5. The number of halogens is 3. The van der Waals surface area contributed by atoms with Crippen LogP contribution in [0.4, 0.5) is 18.9 Å². The Balaban J connectivity index is 0.000000559. The van der Waals surface area contributed by atoms with E-state index in [0.29, 0.717) is 12.3 Å². The maximum Gasteiger partial charge on any atom is 0.490 e. The van der Waals surface area contributed by atoms with Crippen LogP contribution in [0.5, 0.6) is 5.75 Å². The van der Waals surface area contributed by atoms with Crippen molar-refractivity contribution < 1.29 is 32.9 Å². The molecule has 0 saturated carbocycles. The van der Waals surface area contributed by atoms with E-state index in [4.69, 9.17) is 20.2 Å². The maximum atomic E-state index is 12.0. The van der Waals surface area contributed by atoms with Gasteiger partial charge >= 0.3 is 12.1 Å². The summed E-state index contributed by atoms with van der Waals surface area (Å²) < 4.78 is 37.6. The zero-order chi connectivity index (χ0) is 29.0. The van der Waals surface area contributed by atoms with E-state index in [-0.39, 0.29) is 5.92 Å². The Morgan fingerprint density at radius 3 is 1.90 bits per heavy atom. The van der Waals surface area contributed by atoms with Gasteiger partial charge in [-0.25, -0.2) is 4.79 Å². The summed E-state index contributed by atoms with van der Waals surface area (Å²) in [6, 6.07) is 27.3. The zero-order valence-corrected chi connectivity index (χ0v) is 21.7. The van der Waals surface area contributed by atoms with Gasteiger partial charge in [-0.1, -0.05) is 65.8 Å². The van der Waals surface area contributed by atoms with Crippen LogP contribution in [0.25, 0.3) is 10.4 Å². The van der Waals surface area contributed by atoms with Crippen LogP contribution in [0.1, 0.15) is 30.4 Å². The summed E-state index contributed by atoms with van der Waals surface area (Å²) in [5.41, 5.74) is 10.0. The van der Waals surface area contributed by atoms with Crippen molar-refractivity contribution in [3.63, 3.8) is 0 Å². The molecule has 0 bridgehead atoms. The zero-order valence-electron chi connectivity index (χ0n) is 21.7. The Kier molecular flexibility index (Phi) is 11.0. The summed E-state index contributed by atoms with van der Waals surface area (Å²) in [5, 5.41) is 22.7. The summed E-state index contributed by atoms with van der Waals surface area (Å²) in [5.74, 6) is -1.81. The van der Waals surface area contributed by atoms with E-state index in [2.05, 4.69) is 14.9 Å². The molecule has 1 aliphatic heterocycles. The van der Waals surface area contributed by atoms with Gasteiger partial charge in [0.15, 0.2) is 0 Å². The molecule has 3 aromatic rings. The molecule has 1 saturated heterocycles. The van der Waals surface area contributed by atoms with Gasteiger partial charge in [0.1, 0.15) is 11.4 Å². The molecule has 212 valence electrons. The molecule has 0 radical (unpaired) electrons. The Bertz CT molecular complexity index is 1200. The number of carbonyl (C=O) groups is 1. The Labute approximate surface area is 230 Å². The summed E-state index contributed by atoms with van der Waals surface area (Å²) in [7, 11) is 0. The highest BCUT2D eigenvalue weighted by molar-refractivity contribution is 5.73. The highest BCUT2D eigenvalue weighted by Gasteiger charge is 2.41. The van der Waals surface area contributed by atoms with Crippen molar-refractivity contribution in [2.75, 3.05) is 26.2 Å². The molecule has 0 amide bonds. The van der Waals surface area contributed by atoms with Crippen molar-refractivity contribution in [2.45, 2.75) is 31.0 Å². The number of azide groups is 1. The molecule has 1 fully saturated rings. The number of piperidine rings is 1. The minimum absolute atomic E-state index is 0.171. The van der Waals surface area contributed by atoms with Crippen molar-refractivity contribution in [3.05, 3.63) is 106 Å². The Morgan fingerprint density at radius 2 is 1.45 bits per heavy atom. The van der Waals surface area contributed by atoms with Crippen LogP contribution in [0, 0.1) is 5.92 Å². The average molecular weight is 557 g/mol. The second-order valence-corrected chi connectivity index (χ2v) is 9.30. The number of nitrogens with zero attached hydrogens (tertiary/aromatic N) is 4. The predicted molar refractivity (Wildman–Crippen MR) is 144 cm³/mol. The van der Waals surface area contributed by atoms with Gasteiger partial charge in [-0.05, 0) is 79.2 Å². The molecule has 0 aliphatic carbocycles. The normalized spacial score (nSPS) is 14.4. The first-order valence-corrected chi connectivity index (χ1v) is 12.8. The molecule has 4 rings (SSSR count). The molecule has 0 atom stereocenters. The van der Waals surface area contributed by atoms with Gasteiger partial charge in [0.25, 0.3) is 0 Å². The highest BCUT2D eigenvalue weighted by Crippen LogP contribution is 2.41. The second-order valence-electron chi connectivity index (χ2n) is 9.30. The summed E-state index contributed by atoms with van der Waals surface area (Å²) in [4.78, 5) is 14.1. The smallest absolute Gasteiger partial charge is 0.490 e. The minimum Gasteiger partial charge on any atom is -0.494 e. The van der Waals surface area contributed by atoms with E-state index in [1.807, 2.05) is 72.8 Å². The van der Waals surface area contributed by atoms with Crippen LogP contribution >= 0.6 is 0 Å². The van der Waals surface area contributed by atoms with E-state index in [1.165, 1.54) is 0 Å². The van der Waals surface area contributed by atoms with Gasteiger partial charge in [-0.2, -0.15) is 13.2 Å². The Hall–Kier alpha value is -4.05. The lowest BCUT2D eigenvalue weighted by molar-refractivity contribution is -0.192. The minimum atomic E-state index is -5.08. The van der Waals surface area contributed by atoms with Gasteiger partial charge in [-0.3, -0.25) is 0 Å². The average Bonchev–Trinajstić information content (AvgIpc) is 2.97. The van der Waals surface area contributed by atoms with Crippen LogP contribution < -0.4 is 4.74 Å². The molecule has 8 nitrogen and oxygen atoms in total. The van der Waals surface area contributed by atoms with E-state index in [1.54, 1.807) is 12.1 Å². The summed E-state index contributed by atoms with van der Waals surface area (Å²) in [6.45, 7) is 3.54. The SMILES string of the molecule is O=C(O)C(F)(F)F.[N-]=[N+]=Nc1ccc(OCCCN2CCC(C(O)(c3ccccc3)c3ccccc3)CC2)cc1. The van der Waals surface area contributed by atoms with E-state index in [0.717, 1.165) is 55.8 Å². The number of carboxylic acid groups (broad SMARTS) is 1. The molecule has 1 aliphatic rings. The van der Waals surface area contributed by atoms with Crippen molar-refractivity contribution in [1.82, 2.24) is 4.90 Å². The van der Waals surface area contributed by atoms with Gasteiger partial charge in [0, 0.05) is 17.1 Å². The van der Waals surface area contributed by atoms with Crippen molar-refractivity contribution in [3.8, 4) is 5.75 Å². The van der Waals surface area contributed by atoms with Gasteiger partial charge in [-0.15, -0.1) is 0 Å². The van der Waals surface area contributed by atoms with E-state index >= 15 is 0 Å². The topological polar surface area (TPSA) is 119 Å². The quantitative estimate of drug-likeness (QED) is 0.132. The number of rotatable bonds is 9. The van der Waals surface area contributed by atoms with Crippen LogP contribution in [-0.2, 0) is 10.4 Å². The fraction of sp³-hybridized carbons (Fsp3) is 0.345. The largest absolute Gasteiger partial charge is 0.494 e. The fourth-order valence-electron chi connectivity index (χ4n) is 4.74. The van der Waals surface area contributed by atoms with E-state index in [9.17, 15) is 18.3 Å². The third-order valence-electron chi connectivity index (χ3n) is 6.73. The van der Waals surface area contributed by atoms with Gasteiger partial charge < -0.3 is 19.8 Å². The number of hydrogen-bond acceptors (Lipinski definition) is 5. The molecular formula is C29H31F3N4O4. The molecule has 3 aromatic carbocycles. The van der Waals surface area contributed by atoms with Gasteiger partial charge in [0.05, 0.1) is 6.61 Å². The van der Waals surface area contributed by atoms with Crippen molar-refractivity contribution in [2.24, 2.45) is 11.0 Å². The molecule has 0 unspecified atom stereocenters. The number of likely N-dealkylation sites (tertiary alicyclic amines) is 1. The predicted octanol–water partition coefficient (Wildman–Crippen LogP) is 6.68. The summed E-state index contributed by atoms with van der Waals surface area (Å²) >= 11 is 0. The monoisotopic (exact) mass is 556 g/mol. The standard InChI is InChI=1S/C27H30N4O2.C2HF3O2/c28-30-29-25-12-14-26(15-13-25)33-21-7-18-31-19-16-24(17-20-31)27(32,22-8-3-1-4-9-22)23-10-5-2-6-11-23;3-2(4,5)1(6)7/h1-6,8-15,24,32H,7,16-21H2;(H,6,7). The number of aliphatic carboxylic acids is 1. The third-order valence-corrected chi connectivity index (χ3v) is 6.73. The van der Waals surface area contributed by atoms with Crippen LogP contribution in [0.3, 0.4) is 0 Å². The molecule has 0 aromatic heterocycles. The molecule has 40 heavy (non-hydrogen) atoms. The molecule has 0 spiro atoms. The van der Waals surface area contributed by atoms with Crippen molar-refractivity contribution in [1.29, 1.82) is 0 Å². The molecule has 11 heteroatoms. The number of benzene rings is 3. The number of aliphatic hydroxyl groups is 1. The first-order chi connectivity index (χ1) is 19.1. The lowest BCUT2D eigenvalue weighted by atomic mass is 9.72. The third kappa shape index (κ3) is 8.47. The number of alkyl halides is 3. The molecule has 1 heterocycles.